The number of nitrogens with zero attached hydrogens (tertiary/aromatic N) is 3. The van der Waals surface area contributed by atoms with E-state index in [-0.39, 0.29) is 29.3 Å². The summed E-state index contributed by atoms with van der Waals surface area (Å²) in [6, 6.07) is 23.8. The number of hydrogen-bond donors (Lipinski definition) is 1. The lowest BCUT2D eigenvalue weighted by Gasteiger charge is -2.22. The minimum Gasteiger partial charge on any atom is -0.480 e. The number of alkyl halides is 3. The van der Waals surface area contributed by atoms with Crippen LogP contribution in [0.25, 0.3) is 22.3 Å². The number of nitrogens with one attached hydrogen (secondary N) is 1. The second-order valence-electron chi connectivity index (χ2n) is 12.8. The molecule has 51 heavy (non-hydrogen) atoms. The van der Waals surface area contributed by atoms with Gasteiger partial charge in [-0.1, -0.05) is 24.3 Å². The van der Waals surface area contributed by atoms with Crippen LogP contribution >= 0.6 is 0 Å². The molecule has 1 atom stereocenters. The Labute approximate surface area is 295 Å². The van der Waals surface area contributed by atoms with Crippen molar-refractivity contribution in [2.24, 2.45) is 0 Å². The minimum atomic E-state index is -4.65. The Bertz CT molecular complexity index is 2220. The van der Waals surface area contributed by atoms with Crippen molar-refractivity contribution in [2.75, 3.05) is 6.26 Å². The number of carbonyl (C=O) groups excluding carboxylic acids is 1. The highest BCUT2D eigenvalue weighted by Gasteiger charge is 2.39. The standard InChI is InChI=1S/C25H23F3N2O4S.C14H14N2/c1-15-10-18(8-9-29-15)17-4-5-19-13-30(14-20(19)11-17)24(31)22-12-21(35(3,32)33)6-7-23(22)34-16(2)25(26,27)28;1-10-6-12(4-5-16-10)11-2-3-13-8-15-9-14(13)7-11/h4-12,16H,13-14H2,1-3H3;2-7,15H,8-9H2,1H3/t16-;/m0./s1. The van der Waals surface area contributed by atoms with Crippen molar-refractivity contribution in [3.63, 3.8) is 0 Å². The Morgan fingerprint density at radius 2 is 1.31 bits per heavy atom. The Morgan fingerprint density at radius 3 is 1.90 bits per heavy atom. The molecule has 0 radical (unpaired) electrons. The van der Waals surface area contributed by atoms with Crippen molar-refractivity contribution in [2.45, 2.75) is 64.1 Å². The molecule has 0 unspecified atom stereocenters. The molecule has 2 aliphatic heterocycles. The van der Waals surface area contributed by atoms with Gasteiger partial charge in [-0.2, -0.15) is 13.2 Å². The lowest BCUT2D eigenvalue weighted by molar-refractivity contribution is -0.189. The van der Waals surface area contributed by atoms with Crippen LogP contribution in [0.2, 0.25) is 0 Å². The van der Waals surface area contributed by atoms with E-state index in [2.05, 4.69) is 45.6 Å². The molecule has 7 rings (SSSR count). The van der Waals surface area contributed by atoms with Crippen LogP contribution in [0.3, 0.4) is 0 Å². The van der Waals surface area contributed by atoms with Gasteiger partial charge in [0, 0.05) is 56.2 Å². The van der Waals surface area contributed by atoms with Gasteiger partial charge in [0.2, 0.25) is 0 Å². The van der Waals surface area contributed by atoms with Crippen LogP contribution in [0.15, 0.2) is 96.2 Å². The number of fused-ring (bicyclic) bond motifs is 2. The Balaban J connectivity index is 0.000000231. The van der Waals surface area contributed by atoms with Crippen LogP contribution in [0.1, 0.15) is 50.9 Å². The number of ether oxygens (including phenoxy) is 1. The fourth-order valence-corrected chi connectivity index (χ4v) is 6.73. The zero-order chi connectivity index (χ0) is 36.5. The molecule has 12 heteroatoms. The van der Waals surface area contributed by atoms with E-state index < -0.39 is 28.0 Å². The summed E-state index contributed by atoms with van der Waals surface area (Å²) in [6.07, 6.45) is -2.28. The van der Waals surface area contributed by atoms with Crippen molar-refractivity contribution < 1.29 is 31.1 Å². The monoisotopic (exact) mass is 714 g/mol. The maximum absolute atomic E-state index is 13.4. The number of rotatable bonds is 6. The average molecular weight is 715 g/mol. The van der Waals surface area contributed by atoms with Gasteiger partial charge in [0.25, 0.3) is 5.91 Å². The third-order valence-corrected chi connectivity index (χ3v) is 10.00. The molecule has 264 valence electrons. The number of halogens is 3. The molecule has 0 saturated carbocycles. The van der Waals surface area contributed by atoms with Gasteiger partial charge in [-0.3, -0.25) is 14.8 Å². The van der Waals surface area contributed by atoms with Crippen molar-refractivity contribution >= 4 is 15.7 Å². The number of carbonyl (C=O) groups is 1. The normalized spacial score (nSPS) is 14.3. The van der Waals surface area contributed by atoms with E-state index in [1.54, 1.807) is 6.20 Å². The van der Waals surface area contributed by atoms with Gasteiger partial charge in [0.1, 0.15) is 5.75 Å². The molecule has 0 aliphatic carbocycles. The molecule has 5 aromatic rings. The molecule has 8 nitrogen and oxygen atoms in total. The molecule has 3 aromatic carbocycles. The Morgan fingerprint density at radius 1 is 0.765 bits per heavy atom. The maximum atomic E-state index is 13.4. The van der Waals surface area contributed by atoms with Crippen molar-refractivity contribution in [1.29, 1.82) is 0 Å². The fraction of sp³-hybridized carbons (Fsp3) is 0.256. The quantitative estimate of drug-likeness (QED) is 0.193. The van der Waals surface area contributed by atoms with Crippen molar-refractivity contribution in [3.8, 4) is 28.0 Å². The van der Waals surface area contributed by atoms with E-state index in [1.807, 2.05) is 50.4 Å². The minimum absolute atomic E-state index is 0.181. The summed E-state index contributed by atoms with van der Waals surface area (Å²) in [5.74, 6) is -0.937. The third-order valence-electron chi connectivity index (χ3n) is 8.89. The Kier molecular flexibility index (Phi) is 10.0. The van der Waals surface area contributed by atoms with E-state index in [4.69, 9.17) is 4.74 Å². The van der Waals surface area contributed by atoms with E-state index in [1.165, 1.54) is 27.2 Å². The van der Waals surface area contributed by atoms with Crippen LogP contribution in [0.5, 0.6) is 5.75 Å². The summed E-state index contributed by atoms with van der Waals surface area (Å²) in [7, 11) is -3.70. The summed E-state index contributed by atoms with van der Waals surface area (Å²) in [5, 5.41) is 3.37. The molecule has 1 amide bonds. The maximum Gasteiger partial charge on any atom is 0.425 e. The number of sulfone groups is 1. The van der Waals surface area contributed by atoms with Gasteiger partial charge in [-0.25, -0.2) is 8.42 Å². The van der Waals surface area contributed by atoms with Gasteiger partial charge in [-0.15, -0.1) is 0 Å². The first-order chi connectivity index (χ1) is 24.2. The van der Waals surface area contributed by atoms with Gasteiger partial charge >= 0.3 is 6.18 Å². The molecule has 0 spiro atoms. The second kappa shape index (κ2) is 14.3. The summed E-state index contributed by atoms with van der Waals surface area (Å²) in [6.45, 7) is 7.20. The first-order valence-electron chi connectivity index (χ1n) is 16.3. The van der Waals surface area contributed by atoms with Crippen LogP contribution in [-0.2, 0) is 36.0 Å². The van der Waals surface area contributed by atoms with Crippen LogP contribution < -0.4 is 10.1 Å². The highest BCUT2D eigenvalue weighted by molar-refractivity contribution is 7.90. The fourth-order valence-electron chi connectivity index (χ4n) is 6.08. The van der Waals surface area contributed by atoms with Crippen LogP contribution in [0.4, 0.5) is 13.2 Å². The number of hydrogen-bond acceptors (Lipinski definition) is 7. The zero-order valence-electron chi connectivity index (χ0n) is 28.6. The van der Waals surface area contributed by atoms with E-state index in [0.29, 0.717) is 0 Å². The summed E-state index contributed by atoms with van der Waals surface area (Å²) < 4.78 is 68.4. The highest BCUT2D eigenvalue weighted by Crippen LogP contribution is 2.34. The predicted molar refractivity (Wildman–Crippen MR) is 189 cm³/mol. The van der Waals surface area contributed by atoms with E-state index in [9.17, 15) is 26.4 Å². The van der Waals surface area contributed by atoms with Crippen LogP contribution in [-0.4, -0.2) is 47.7 Å². The molecule has 0 fully saturated rings. The number of amides is 1. The number of aryl methyl sites for hydroxylation is 2. The SMILES string of the molecule is Cc1cc(-c2ccc3c(c2)CN(C(=O)c2cc(S(C)(=O)=O)ccc2O[C@@H](C)C(F)(F)F)C3)ccn1.Cc1cc(-c2ccc3c(c2)CNC3)ccn1. The van der Waals surface area contributed by atoms with Gasteiger partial charge in [0.05, 0.1) is 10.5 Å². The molecule has 4 heterocycles. The number of pyridine rings is 2. The van der Waals surface area contributed by atoms with Crippen molar-refractivity contribution in [1.82, 2.24) is 20.2 Å². The first kappa shape index (κ1) is 35.7. The third kappa shape index (κ3) is 8.29. The van der Waals surface area contributed by atoms with Crippen LogP contribution in [0, 0.1) is 13.8 Å². The smallest absolute Gasteiger partial charge is 0.425 e. The van der Waals surface area contributed by atoms with Gasteiger partial charge in [-0.05, 0) is 120 Å². The first-order valence-corrected chi connectivity index (χ1v) is 18.2. The highest BCUT2D eigenvalue weighted by atomic mass is 32.2. The lowest BCUT2D eigenvalue weighted by Crippen LogP contribution is -2.32. The summed E-state index contributed by atoms with van der Waals surface area (Å²) in [5.41, 5.74) is 10.8. The largest absolute Gasteiger partial charge is 0.480 e. The molecule has 2 aliphatic rings. The Hall–Kier alpha value is -5.07. The molecule has 0 bridgehead atoms. The van der Waals surface area contributed by atoms with Gasteiger partial charge in [0.15, 0.2) is 15.9 Å². The number of benzene rings is 3. The lowest BCUT2D eigenvalue weighted by atomic mass is 10.0. The summed E-state index contributed by atoms with van der Waals surface area (Å²) >= 11 is 0. The summed E-state index contributed by atoms with van der Waals surface area (Å²) in [4.78, 5) is 23.1. The number of aromatic nitrogens is 2. The molecular formula is C39H37F3N4O4S. The predicted octanol–water partition coefficient (Wildman–Crippen LogP) is 7.61. The molecule has 1 N–H and O–H groups in total. The topological polar surface area (TPSA) is 101 Å². The molecule has 0 saturated heterocycles. The van der Waals surface area contributed by atoms with Gasteiger partial charge < -0.3 is 15.0 Å². The van der Waals surface area contributed by atoms with Crippen molar-refractivity contribution in [3.05, 3.63) is 130 Å². The van der Waals surface area contributed by atoms with E-state index in [0.717, 1.165) is 78.1 Å². The molecular weight excluding hydrogens is 678 g/mol. The molecule has 2 aromatic heterocycles. The second-order valence-corrected chi connectivity index (χ2v) is 14.9. The van der Waals surface area contributed by atoms with E-state index >= 15 is 0 Å². The zero-order valence-corrected chi connectivity index (χ0v) is 29.4. The average Bonchev–Trinajstić information content (AvgIpc) is 3.74.